The van der Waals surface area contributed by atoms with E-state index in [9.17, 15) is 18.5 Å². The number of hydrogen-bond acceptors (Lipinski definition) is 6. The highest BCUT2D eigenvalue weighted by Crippen LogP contribution is 2.32. The molecule has 0 saturated heterocycles. The molecule has 0 amide bonds. The predicted molar refractivity (Wildman–Crippen MR) is 78.9 cm³/mol. The molecule has 2 heterocycles. The molecule has 1 aliphatic heterocycles. The van der Waals surface area contributed by atoms with Crippen molar-refractivity contribution in [3.05, 3.63) is 40.6 Å². The molecular formula is C12H13N5O4S. The Bertz CT molecular complexity index is 828. The van der Waals surface area contributed by atoms with Gasteiger partial charge in [-0.3, -0.25) is 10.1 Å². The maximum Gasteiger partial charge on any atom is 0.269 e. The van der Waals surface area contributed by atoms with Gasteiger partial charge in [-0.2, -0.15) is 5.10 Å². The number of sulfonamides is 1. The fourth-order valence-corrected chi connectivity index (χ4v) is 3.93. The number of rotatable bonds is 3. The zero-order valence-corrected chi connectivity index (χ0v) is 12.2. The van der Waals surface area contributed by atoms with Crippen molar-refractivity contribution in [1.29, 1.82) is 0 Å². The Kier molecular flexibility index (Phi) is 3.24. The Morgan fingerprint density at radius 1 is 1.23 bits per heavy atom. The Hall–Kier alpha value is -2.62. The molecule has 0 bridgehead atoms. The van der Waals surface area contributed by atoms with Crippen LogP contribution in [0, 0.1) is 10.1 Å². The summed E-state index contributed by atoms with van der Waals surface area (Å²) in [5.41, 5.74) is 5.93. The van der Waals surface area contributed by atoms with E-state index in [0.29, 0.717) is 18.8 Å². The van der Waals surface area contributed by atoms with Crippen LogP contribution in [-0.2, 0) is 16.6 Å². The number of fused-ring (bicyclic) bond motifs is 1. The van der Waals surface area contributed by atoms with Crippen LogP contribution in [0.15, 0.2) is 35.4 Å². The van der Waals surface area contributed by atoms with Crippen molar-refractivity contribution >= 4 is 27.2 Å². The predicted octanol–water partition coefficient (Wildman–Crippen LogP) is 0.972. The Morgan fingerprint density at radius 2 is 1.91 bits per heavy atom. The van der Waals surface area contributed by atoms with Crippen LogP contribution in [0.3, 0.4) is 0 Å². The van der Waals surface area contributed by atoms with Crippen LogP contribution in [0.4, 0.5) is 17.2 Å². The van der Waals surface area contributed by atoms with Gasteiger partial charge in [-0.05, 0) is 18.6 Å². The van der Waals surface area contributed by atoms with E-state index in [4.69, 9.17) is 5.73 Å². The largest absolute Gasteiger partial charge is 0.394 e. The second-order valence-corrected chi connectivity index (χ2v) is 6.69. The number of hydrogen-bond donors (Lipinski definition) is 1. The maximum atomic E-state index is 12.7. The molecule has 22 heavy (non-hydrogen) atoms. The van der Waals surface area contributed by atoms with E-state index in [1.54, 1.807) is 4.68 Å². The van der Waals surface area contributed by atoms with E-state index >= 15 is 0 Å². The summed E-state index contributed by atoms with van der Waals surface area (Å²) in [5.74, 6) is 0.338. The molecule has 10 heteroatoms. The number of benzene rings is 1. The van der Waals surface area contributed by atoms with Gasteiger partial charge in [0.25, 0.3) is 15.7 Å². The number of nitrogen functional groups attached to an aromatic ring is 1. The molecule has 3 rings (SSSR count). The summed E-state index contributed by atoms with van der Waals surface area (Å²) in [6.45, 7) is 0.883. The maximum absolute atomic E-state index is 12.7. The quantitative estimate of drug-likeness (QED) is 0.663. The number of aryl methyl sites for hydroxylation is 1. The van der Waals surface area contributed by atoms with E-state index in [1.165, 1.54) is 22.6 Å². The molecule has 1 aliphatic rings. The lowest BCUT2D eigenvalue weighted by Gasteiger charge is -2.29. The normalized spacial score (nSPS) is 14.6. The second-order valence-electron chi connectivity index (χ2n) is 4.83. The summed E-state index contributed by atoms with van der Waals surface area (Å²) in [6, 6.07) is 4.77. The Morgan fingerprint density at radius 3 is 2.55 bits per heavy atom. The van der Waals surface area contributed by atoms with Gasteiger partial charge in [0, 0.05) is 25.2 Å². The molecular weight excluding hydrogens is 310 g/mol. The highest BCUT2D eigenvalue weighted by atomic mass is 32.2. The number of nitro benzene ring substituents is 1. The van der Waals surface area contributed by atoms with E-state index in [1.807, 2.05) is 0 Å². The summed E-state index contributed by atoms with van der Waals surface area (Å²) in [4.78, 5) is 10.1. The van der Waals surface area contributed by atoms with Crippen molar-refractivity contribution in [2.75, 3.05) is 16.6 Å². The van der Waals surface area contributed by atoms with Crippen LogP contribution in [0.1, 0.15) is 6.42 Å². The van der Waals surface area contributed by atoms with E-state index < -0.39 is 14.9 Å². The van der Waals surface area contributed by atoms with Gasteiger partial charge in [0.2, 0.25) is 0 Å². The minimum Gasteiger partial charge on any atom is -0.394 e. The molecule has 0 spiro atoms. The van der Waals surface area contributed by atoms with Gasteiger partial charge >= 0.3 is 0 Å². The molecule has 2 N–H and O–H groups in total. The summed E-state index contributed by atoms with van der Waals surface area (Å²) in [6.07, 6.45) is 2.03. The van der Waals surface area contributed by atoms with Gasteiger partial charge in [0.15, 0.2) is 5.82 Å². The lowest BCUT2D eigenvalue weighted by molar-refractivity contribution is -0.384. The Balaban J connectivity index is 2.04. The number of anilines is 2. The van der Waals surface area contributed by atoms with Crippen LogP contribution in [-0.4, -0.2) is 29.7 Å². The first kappa shape index (κ1) is 14.3. The average molecular weight is 323 g/mol. The molecule has 1 aromatic heterocycles. The van der Waals surface area contributed by atoms with Crippen molar-refractivity contribution in [2.24, 2.45) is 0 Å². The van der Waals surface area contributed by atoms with Crippen LogP contribution in [0.5, 0.6) is 0 Å². The van der Waals surface area contributed by atoms with Gasteiger partial charge < -0.3 is 5.73 Å². The highest BCUT2D eigenvalue weighted by Gasteiger charge is 2.32. The summed E-state index contributed by atoms with van der Waals surface area (Å²) < 4.78 is 28.2. The van der Waals surface area contributed by atoms with Gasteiger partial charge in [-0.1, -0.05) is 0 Å². The summed E-state index contributed by atoms with van der Waals surface area (Å²) in [5, 5.41) is 14.7. The first-order valence-corrected chi connectivity index (χ1v) is 7.94. The lowest BCUT2D eigenvalue weighted by atomic mass is 10.3. The zero-order chi connectivity index (χ0) is 15.9. The molecule has 0 radical (unpaired) electrons. The fraction of sp³-hybridized carbons (Fsp3) is 0.250. The summed E-state index contributed by atoms with van der Waals surface area (Å²) >= 11 is 0. The molecule has 0 atom stereocenters. The van der Waals surface area contributed by atoms with Crippen LogP contribution in [0.25, 0.3) is 0 Å². The number of nitrogens with two attached hydrogens (primary N) is 1. The zero-order valence-electron chi connectivity index (χ0n) is 11.4. The molecule has 1 aromatic carbocycles. The highest BCUT2D eigenvalue weighted by molar-refractivity contribution is 7.92. The smallest absolute Gasteiger partial charge is 0.269 e. The number of aromatic nitrogens is 2. The summed E-state index contributed by atoms with van der Waals surface area (Å²) in [7, 11) is -3.84. The molecule has 0 saturated carbocycles. The third-order valence-electron chi connectivity index (χ3n) is 3.44. The molecule has 9 nitrogen and oxygen atoms in total. The Labute approximate surface area is 126 Å². The van der Waals surface area contributed by atoms with Crippen molar-refractivity contribution in [2.45, 2.75) is 17.9 Å². The number of non-ortho nitro benzene ring substituents is 1. The standard InChI is InChI=1S/C12H13N5O4S/c13-11-8-14-15-6-1-7-16(12(11)15)22(20,21)10-4-2-9(3-5-10)17(18)19/h2-5,8H,1,6-7,13H2. The van der Waals surface area contributed by atoms with Crippen molar-refractivity contribution < 1.29 is 13.3 Å². The van der Waals surface area contributed by atoms with Crippen molar-refractivity contribution in [1.82, 2.24) is 9.78 Å². The van der Waals surface area contributed by atoms with Gasteiger partial charge in [-0.25, -0.2) is 17.4 Å². The third kappa shape index (κ3) is 2.17. The molecule has 0 fully saturated rings. The second kappa shape index (κ2) is 4.98. The fourth-order valence-electron chi connectivity index (χ4n) is 2.40. The molecule has 116 valence electrons. The van der Waals surface area contributed by atoms with Gasteiger partial charge in [0.05, 0.1) is 21.7 Å². The van der Waals surface area contributed by atoms with E-state index in [0.717, 1.165) is 12.1 Å². The van der Waals surface area contributed by atoms with Crippen LogP contribution >= 0.6 is 0 Å². The van der Waals surface area contributed by atoms with Crippen molar-refractivity contribution in [3.63, 3.8) is 0 Å². The van der Waals surface area contributed by atoms with Gasteiger partial charge in [-0.15, -0.1) is 0 Å². The first-order valence-electron chi connectivity index (χ1n) is 6.50. The van der Waals surface area contributed by atoms with Gasteiger partial charge in [0.1, 0.15) is 0 Å². The van der Waals surface area contributed by atoms with E-state index in [-0.39, 0.29) is 22.8 Å². The molecule has 0 unspecified atom stereocenters. The third-order valence-corrected chi connectivity index (χ3v) is 5.25. The topological polar surface area (TPSA) is 124 Å². The minimum absolute atomic E-state index is 0.0212. The number of nitrogens with zero attached hydrogens (tertiary/aromatic N) is 4. The minimum atomic E-state index is -3.84. The number of nitro groups is 1. The first-order chi connectivity index (χ1) is 10.4. The average Bonchev–Trinajstić information content (AvgIpc) is 2.89. The van der Waals surface area contributed by atoms with Crippen molar-refractivity contribution in [3.8, 4) is 0 Å². The molecule has 2 aromatic rings. The SMILES string of the molecule is Nc1cnn2c1N(S(=O)(=O)c1ccc([N+](=O)[O-])cc1)CCC2. The van der Waals surface area contributed by atoms with Crippen LogP contribution < -0.4 is 10.0 Å². The van der Waals surface area contributed by atoms with E-state index in [2.05, 4.69) is 5.10 Å². The van der Waals surface area contributed by atoms with Crippen LogP contribution in [0.2, 0.25) is 0 Å². The monoisotopic (exact) mass is 323 g/mol. The lowest BCUT2D eigenvalue weighted by Crippen LogP contribution is -2.38. The molecule has 0 aliphatic carbocycles.